The molecular formula is C14H21N3O2S. The van der Waals surface area contributed by atoms with E-state index >= 15 is 0 Å². The summed E-state index contributed by atoms with van der Waals surface area (Å²) in [6, 6.07) is 8.12. The van der Waals surface area contributed by atoms with Crippen LogP contribution >= 0.6 is 12.6 Å². The fraction of sp³-hybridized carbons (Fsp3) is 0.429. The highest BCUT2D eigenvalue weighted by Gasteiger charge is 2.21. The number of hydrogen-bond acceptors (Lipinski definition) is 4. The van der Waals surface area contributed by atoms with Crippen molar-refractivity contribution in [3.63, 3.8) is 0 Å². The molecule has 0 saturated carbocycles. The first-order valence-corrected chi connectivity index (χ1v) is 7.02. The van der Waals surface area contributed by atoms with Crippen molar-refractivity contribution in [2.24, 2.45) is 11.5 Å². The van der Waals surface area contributed by atoms with E-state index in [1.807, 2.05) is 30.3 Å². The fourth-order valence-electron chi connectivity index (χ4n) is 1.80. The Balaban J connectivity index is 2.59. The van der Waals surface area contributed by atoms with Crippen LogP contribution in [0.1, 0.15) is 18.4 Å². The summed E-state index contributed by atoms with van der Waals surface area (Å²) in [5.41, 5.74) is 12.1. The molecule has 0 aromatic heterocycles. The fourth-order valence-corrected chi connectivity index (χ4v) is 1.95. The topological polar surface area (TPSA) is 98.2 Å². The van der Waals surface area contributed by atoms with Crippen LogP contribution in [0.4, 0.5) is 0 Å². The minimum atomic E-state index is -0.669. The van der Waals surface area contributed by atoms with Gasteiger partial charge in [-0.05, 0) is 24.9 Å². The summed E-state index contributed by atoms with van der Waals surface area (Å²) in [4.78, 5) is 23.4. The van der Waals surface area contributed by atoms with Crippen molar-refractivity contribution < 1.29 is 9.59 Å². The largest absolute Gasteiger partial charge is 0.344 e. The van der Waals surface area contributed by atoms with Gasteiger partial charge in [0.2, 0.25) is 11.0 Å². The van der Waals surface area contributed by atoms with Gasteiger partial charge in [-0.1, -0.05) is 30.3 Å². The SMILES string of the molecule is NCCC[C@H](N)C(=O)N[C@@H](Cc1ccccc1)C(=O)S. The van der Waals surface area contributed by atoms with Gasteiger partial charge < -0.3 is 16.8 Å². The molecule has 0 saturated heterocycles. The first kappa shape index (κ1) is 16.7. The Bertz CT molecular complexity index is 439. The lowest BCUT2D eigenvalue weighted by atomic mass is 10.1. The number of carbonyl (C=O) groups is 2. The van der Waals surface area contributed by atoms with E-state index in [0.717, 1.165) is 5.56 Å². The molecule has 0 unspecified atom stereocenters. The van der Waals surface area contributed by atoms with Gasteiger partial charge in [0, 0.05) is 6.42 Å². The molecule has 0 bridgehead atoms. The maximum absolute atomic E-state index is 11.9. The Hall–Kier alpha value is -1.37. The number of rotatable bonds is 8. The zero-order valence-electron chi connectivity index (χ0n) is 11.3. The molecule has 1 aromatic rings. The van der Waals surface area contributed by atoms with Crippen LogP contribution in [-0.2, 0) is 16.0 Å². The second kappa shape index (κ2) is 8.73. The maximum atomic E-state index is 11.9. The van der Waals surface area contributed by atoms with Crippen molar-refractivity contribution in [3.8, 4) is 0 Å². The third kappa shape index (κ3) is 5.73. The van der Waals surface area contributed by atoms with Crippen LogP contribution in [0.3, 0.4) is 0 Å². The lowest BCUT2D eigenvalue weighted by Gasteiger charge is -2.18. The quantitative estimate of drug-likeness (QED) is 0.516. The number of hydrogen-bond donors (Lipinski definition) is 4. The molecular weight excluding hydrogens is 274 g/mol. The van der Waals surface area contributed by atoms with E-state index in [1.54, 1.807) is 0 Å². The molecule has 20 heavy (non-hydrogen) atoms. The van der Waals surface area contributed by atoms with Gasteiger partial charge in [0.25, 0.3) is 0 Å². The minimum absolute atomic E-state index is 0.346. The van der Waals surface area contributed by atoms with Gasteiger partial charge in [-0.25, -0.2) is 0 Å². The second-order valence-corrected chi connectivity index (χ2v) is 5.07. The molecule has 0 aliphatic carbocycles. The molecule has 0 aliphatic heterocycles. The van der Waals surface area contributed by atoms with Crippen LogP contribution in [0.5, 0.6) is 0 Å². The third-order valence-electron chi connectivity index (χ3n) is 2.95. The summed E-state index contributed by atoms with van der Waals surface area (Å²) < 4.78 is 0. The summed E-state index contributed by atoms with van der Waals surface area (Å²) in [5, 5.41) is 2.26. The van der Waals surface area contributed by atoms with Crippen molar-refractivity contribution in [1.82, 2.24) is 5.32 Å². The highest BCUT2D eigenvalue weighted by Crippen LogP contribution is 2.06. The monoisotopic (exact) mass is 295 g/mol. The molecule has 110 valence electrons. The third-order valence-corrected chi connectivity index (χ3v) is 3.26. The second-order valence-electron chi connectivity index (χ2n) is 4.63. The number of benzene rings is 1. The van der Waals surface area contributed by atoms with Crippen LogP contribution in [0.2, 0.25) is 0 Å². The molecule has 5 N–H and O–H groups in total. The molecule has 0 heterocycles. The molecule has 1 amide bonds. The zero-order valence-corrected chi connectivity index (χ0v) is 12.2. The Kier molecular flexibility index (Phi) is 7.28. The van der Waals surface area contributed by atoms with Crippen LogP contribution in [0.15, 0.2) is 30.3 Å². The molecule has 2 atom stereocenters. The summed E-state index contributed by atoms with van der Waals surface area (Å²) in [6.07, 6.45) is 1.58. The average Bonchev–Trinajstić information content (AvgIpc) is 2.44. The van der Waals surface area contributed by atoms with Gasteiger partial charge in [-0.15, -0.1) is 12.6 Å². The number of nitrogens with two attached hydrogens (primary N) is 2. The summed E-state index contributed by atoms with van der Waals surface area (Å²) >= 11 is 3.82. The van der Waals surface area contributed by atoms with E-state index in [-0.39, 0.29) is 11.0 Å². The number of thiol groups is 1. The number of amides is 1. The standard InChI is InChI=1S/C14H21N3O2S/c15-8-4-7-11(16)13(18)17-12(14(19)20)9-10-5-2-1-3-6-10/h1-3,5-6,11-12H,4,7-9,15-16H2,(H,17,18)(H,19,20)/t11-,12-/m0/s1. The van der Waals surface area contributed by atoms with E-state index in [9.17, 15) is 9.59 Å². The van der Waals surface area contributed by atoms with Crippen LogP contribution in [0.25, 0.3) is 0 Å². The van der Waals surface area contributed by atoms with Gasteiger partial charge >= 0.3 is 0 Å². The zero-order chi connectivity index (χ0) is 15.0. The molecule has 1 rings (SSSR count). The van der Waals surface area contributed by atoms with Gasteiger partial charge in [-0.2, -0.15) is 0 Å². The van der Waals surface area contributed by atoms with E-state index in [4.69, 9.17) is 11.5 Å². The Labute approximate surface area is 124 Å². The Morgan fingerprint density at radius 1 is 1.25 bits per heavy atom. The highest BCUT2D eigenvalue weighted by molar-refractivity contribution is 7.96. The smallest absolute Gasteiger partial charge is 0.237 e. The normalized spacial score (nSPS) is 13.6. The molecule has 0 radical (unpaired) electrons. The van der Waals surface area contributed by atoms with Gasteiger partial charge in [0.1, 0.15) is 6.04 Å². The predicted molar refractivity (Wildman–Crippen MR) is 82.3 cm³/mol. The average molecular weight is 295 g/mol. The van der Waals surface area contributed by atoms with E-state index in [2.05, 4.69) is 17.9 Å². The van der Waals surface area contributed by atoms with Gasteiger partial charge in [0.15, 0.2) is 0 Å². The van der Waals surface area contributed by atoms with Crippen molar-refractivity contribution >= 4 is 23.7 Å². The van der Waals surface area contributed by atoms with Crippen molar-refractivity contribution in [1.29, 1.82) is 0 Å². The number of carbonyl (C=O) groups excluding carboxylic acids is 2. The number of nitrogens with one attached hydrogen (secondary N) is 1. The maximum Gasteiger partial charge on any atom is 0.237 e. The summed E-state index contributed by atoms with van der Waals surface area (Å²) in [6.45, 7) is 0.486. The Morgan fingerprint density at radius 2 is 1.90 bits per heavy atom. The molecule has 5 nitrogen and oxygen atoms in total. The van der Waals surface area contributed by atoms with Crippen LogP contribution in [0, 0.1) is 0 Å². The van der Waals surface area contributed by atoms with Crippen molar-refractivity contribution in [2.75, 3.05) is 6.54 Å². The first-order chi connectivity index (χ1) is 9.54. The van der Waals surface area contributed by atoms with E-state index in [0.29, 0.717) is 25.8 Å². The van der Waals surface area contributed by atoms with Crippen molar-refractivity contribution in [2.45, 2.75) is 31.3 Å². The molecule has 0 fully saturated rings. The van der Waals surface area contributed by atoms with Crippen LogP contribution in [-0.4, -0.2) is 29.7 Å². The lowest BCUT2D eigenvalue weighted by Crippen LogP contribution is -2.48. The first-order valence-electron chi connectivity index (χ1n) is 6.57. The molecule has 0 aliphatic rings. The Morgan fingerprint density at radius 3 is 2.45 bits per heavy atom. The van der Waals surface area contributed by atoms with Crippen LogP contribution < -0.4 is 16.8 Å². The highest BCUT2D eigenvalue weighted by atomic mass is 32.1. The molecule has 0 spiro atoms. The molecule has 1 aromatic carbocycles. The minimum Gasteiger partial charge on any atom is -0.344 e. The van der Waals surface area contributed by atoms with Crippen molar-refractivity contribution in [3.05, 3.63) is 35.9 Å². The van der Waals surface area contributed by atoms with Gasteiger partial charge in [-0.3, -0.25) is 9.59 Å². The van der Waals surface area contributed by atoms with Gasteiger partial charge in [0.05, 0.1) is 6.04 Å². The molecule has 6 heteroatoms. The lowest BCUT2D eigenvalue weighted by molar-refractivity contribution is -0.125. The summed E-state index contributed by atoms with van der Waals surface area (Å²) in [7, 11) is 0. The van der Waals surface area contributed by atoms with E-state index in [1.165, 1.54) is 0 Å². The predicted octanol–water partition coefficient (Wildman–Crippen LogP) is 0.237. The summed E-state index contributed by atoms with van der Waals surface area (Å²) in [5.74, 6) is -0.346. The van der Waals surface area contributed by atoms with E-state index < -0.39 is 12.1 Å².